The zero-order chi connectivity index (χ0) is 10.3. The van der Waals surface area contributed by atoms with Crippen molar-refractivity contribution in [2.45, 2.75) is 13.1 Å². The Labute approximate surface area is 88.3 Å². The molecule has 0 atom stereocenters. The summed E-state index contributed by atoms with van der Waals surface area (Å²) in [7, 11) is 0. The molecule has 15 heavy (non-hydrogen) atoms. The molecular weight excluding hydrogens is 192 g/mol. The molecule has 0 aliphatic heterocycles. The fourth-order valence-electron chi connectivity index (χ4n) is 1.29. The van der Waals surface area contributed by atoms with E-state index in [4.69, 9.17) is 8.83 Å². The van der Waals surface area contributed by atoms with Crippen LogP contribution in [0.1, 0.15) is 11.5 Å². The van der Waals surface area contributed by atoms with Gasteiger partial charge in [-0.3, -0.25) is 10.6 Å². The minimum atomic E-state index is 0.724. The van der Waals surface area contributed by atoms with E-state index in [1.807, 2.05) is 24.3 Å². The van der Waals surface area contributed by atoms with Gasteiger partial charge in [0.05, 0.1) is 25.6 Å². The van der Waals surface area contributed by atoms with Crippen LogP contribution in [0.4, 0.5) is 0 Å². The molecule has 0 aliphatic rings. The Morgan fingerprint density at radius 1 is 0.867 bits per heavy atom. The second-order valence-electron chi connectivity index (χ2n) is 3.19. The van der Waals surface area contributed by atoms with Gasteiger partial charge in [-0.25, -0.2) is 0 Å². The molecule has 0 fully saturated rings. The summed E-state index contributed by atoms with van der Waals surface area (Å²) in [6, 6.07) is 7.65. The lowest BCUT2D eigenvalue weighted by Gasteiger charge is -2.03. The van der Waals surface area contributed by atoms with Gasteiger partial charge >= 0.3 is 0 Å². The van der Waals surface area contributed by atoms with Crippen LogP contribution in [0, 0.1) is 0 Å². The lowest BCUT2D eigenvalue weighted by molar-refractivity contribution is 0.449. The number of furan rings is 2. The highest BCUT2D eigenvalue weighted by atomic mass is 16.3. The Morgan fingerprint density at radius 2 is 1.40 bits per heavy atom. The van der Waals surface area contributed by atoms with Crippen LogP contribution in [0.25, 0.3) is 0 Å². The molecule has 2 N–H and O–H groups in total. The molecule has 0 unspecified atom stereocenters. The Bertz CT molecular complexity index is 318. The topological polar surface area (TPSA) is 50.3 Å². The van der Waals surface area contributed by atoms with Gasteiger partial charge in [0.15, 0.2) is 0 Å². The molecule has 0 aromatic carbocycles. The second-order valence-corrected chi connectivity index (χ2v) is 3.19. The first-order valence-electron chi connectivity index (χ1n) is 4.91. The van der Waals surface area contributed by atoms with Crippen molar-refractivity contribution in [2.24, 2.45) is 0 Å². The maximum Gasteiger partial charge on any atom is 0.117 e. The molecule has 2 rings (SSSR count). The smallest absolute Gasteiger partial charge is 0.117 e. The molecule has 80 valence electrons. The Morgan fingerprint density at radius 3 is 1.80 bits per heavy atom. The van der Waals surface area contributed by atoms with Gasteiger partial charge in [0, 0.05) is 6.67 Å². The Kier molecular flexibility index (Phi) is 3.59. The summed E-state index contributed by atoms with van der Waals surface area (Å²) in [5.74, 6) is 1.88. The van der Waals surface area contributed by atoms with Crippen molar-refractivity contribution < 1.29 is 8.83 Å². The number of nitrogens with one attached hydrogen (secondary N) is 2. The summed E-state index contributed by atoms with van der Waals surface area (Å²) in [6.45, 7) is 2.19. The van der Waals surface area contributed by atoms with Crippen LogP contribution < -0.4 is 10.6 Å². The highest BCUT2D eigenvalue weighted by Crippen LogP contribution is 1.99. The fraction of sp³-hybridized carbons (Fsp3) is 0.273. The summed E-state index contributed by atoms with van der Waals surface area (Å²) in [5, 5.41) is 6.41. The van der Waals surface area contributed by atoms with E-state index in [1.165, 1.54) is 0 Å². The van der Waals surface area contributed by atoms with E-state index in [9.17, 15) is 0 Å². The predicted molar refractivity (Wildman–Crippen MR) is 56.0 cm³/mol. The molecule has 2 aromatic rings. The number of hydrogen-bond donors (Lipinski definition) is 2. The van der Waals surface area contributed by atoms with Crippen LogP contribution in [0.5, 0.6) is 0 Å². The third-order valence-electron chi connectivity index (χ3n) is 2.01. The van der Waals surface area contributed by atoms with E-state index in [2.05, 4.69) is 10.6 Å². The highest BCUT2D eigenvalue weighted by Gasteiger charge is 1.95. The van der Waals surface area contributed by atoms with Crippen molar-refractivity contribution in [2.75, 3.05) is 6.67 Å². The van der Waals surface area contributed by atoms with Crippen LogP contribution in [-0.2, 0) is 13.1 Å². The van der Waals surface area contributed by atoms with Gasteiger partial charge in [0.2, 0.25) is 0 Å². The number of rotatable bonds is 6. The third kappa shape index (κ3) is 3.27. The molecule has 0 spiro atoms. The summed E-state index contributed by atoms with van der Waals surface area (Å²) in [4.78, 5) is 0. The van der Waals surface area contributed by atoms with Gasteiger partial charge in [-0.05, 0) is 24.3 Å². The SMILES string of the molecule is c1coc(CNCNCc2ccco2)c1. The predicted octanol–water partition coefficient (Wildman–Crippen LogP) is 1.71. The van der Waals surface area contributed by atoms with E-state index in [0.29, 0.717) is 0 Å². The van der Waals surface area contributed by atoms with Gasteiger partial charge < -0.3 is 8.83 Å². The van der Waals surface area contributed by atoms with Gasteiger partial charge in [-0.15, -0.1) is 0 Å². The van der Waals surface area contributed by atoms with Crippen LogP contribution in [0.2, 0.25) is 0 Å². The van der Waals surface area contributed by atoms with Crippen molar-refractivity contribution in [1.29, 1.82) is 0 Å². The molecular formula is C11H14N2O2. The van der Waals surface area contributed by atoms with Crippen LogP contribution in [0.3, 0.4) is 0 Å². The first-order chi connectivity index (χ1) is 7.45. The van der Waals surface area contributed by atoms with Crippen molar-refractivity contribution in [3.8, 4) is 0 Å². The summed E-state index contributed by atoms with van der Waals surface area (Å²) in [5.41, 5.74) is 0. The van der Waals surface area contributed by atoms with Gasteiger partial charge in [-0.1, -0.05) is 0 Å². The average molecular weight is 206 g/mol. The molecule has 4 nitrogen and oxygen atoms in total. The van der Waals surface area contributed by atoms with E-state index < -0.39 is 0 Å². The van der Waals surface area contributed by atoms with Crippen LogP contribution in [0.15, 0.2) is 45.6 Å². The van der Waals surface area contributed by atoms with Gasteiger partial charge in [-0.2, -0.15) is 0 Å². The molecule has 0 bridgehead atoms. The second kappa shape index (κ2) is 5.38. The maximum atomic E-state index is 5.18. The Hall–Kier alpha value is -1.52. The minimum absolute atomic E-state index is 0.724. The first kappa shape index (κ1) is 10.0. The highest BCUT2D eigenvalue weighted by molar-refractivity contribution is 4.98. The maximum absolute atomic E-state index is 5.18. The van der Waals surface area contributed by atoms with Gasteiger partial charge in [0.1, 0.15) is 11.5 Å². The average Bonchev–Trinajstić information content (AvgIpc) is 2.88. The quantitative estimate of drug-likeness (QED) is 0.558. The molecule has 0 aliphatic carbocycles. The van der Waals surface area contributed by atoms with Crippen molar-refractivity contribution in [3.63, 3.8) is 0 Å². The molecule has 2 aromatic heterocycles. The molecule has 4 heteroatoms. The standard InChI is InChI=1S/C11H14N2O2/c1-3-10(14-5-1)7-12-9-13-8-11-4-2-6-15-11/h1-6,12-13H,7-9H2. The zero-order valence-electron chi connectivity index (χ0n) is 8.40. The van der Waals surface area contributed by atoms with Crippen molar-refractivity contribution in [3.05, 3.63) is 48.3 Å². The van der Waals surface area contributed by atoms with Crippen LogP contribution in [-0.4, -0.2) is 6.67 Å². The monoisotopic (exact) mass is 206 g/mol. The Balaban J connectivity index is 1.56. The first-order valence-corrected chi connectivity index (χ1v) is 4.91. The van der Waals surface area contributed by atoms with Crippen molar-refractivity contribution >= 4 is 0 Å². The fourth-order valence-corrected chi connectivity index (χ4v) is 1.29. The lowest BCUT2D eigenvalue weighted by Crippen LogP contribution is -2.27. The third-order valence-corrected chi connectivity index (χ3v) is 2.01. The van der Waals surface area contributed by atoms with Crippen molar-refractivity contribution in [1.82, 2.24) is 10.6 Å². The van der Waals surface area contributed by atoms with Crippen LogP contribution >= 0.6 is 0 Å². The molecule has 2 heterocycles. The van der Waals surface area contributed by atoms with E-state index in [0.717, 1.165) is 31.3 Å². The molecule has 0 amide bonds. The zero-order valence-corrected chi connectivity index (χ0v) is 8.40. The van der Waals surface area contributed by atoms with Gasteiger partial charge in [0.25, 0.3) is 0 Å². The summed E-state index contributed by atoms with van der Waals surface area (Å²) >= 11 is 0. The lowest BCUT2D eigenvalue weighted by atomic mass is 10.4. The summed E-state index contributed by atoms with van der Waals surface area (Å²) in [6.07, 6.45) is 3.35. The molecule has 0 saturated carbocycles. The number of hydrogen-bond acceptors (Lipinski definition) is 4. The molecule has 0 saturated heterocycles. The van der Waals surface area contributed by atoms with E-state index >= 15 is 0 Å². The largest absolute Gasteiger partial charge is 0.468 e. The van der Waals surface area contributed by atoms with E-state index in [-0.39, 0.29) is 0 Å². The van der Waals surface area contributed by atoms with E-state index in [1.54, 1.807) is 12.5 Å². The normalized spacial score (nSPS) is 10.7. The molecule has 0 radical (unpaired) electrons. The summed E-state index contributed by atoms with van der Waals surface area (Å²) < 4.78 is 10.4. The minimum Gasteiger partial charge on any atom is -0.468 e.